The highest BCUT2D eigenvalue weighted by Crippen LogP contribution is 2.46. The molecule has 0 bridgehead atoms. The summed E-state index contributed by atoms with van der Waals surface area (Å²) in [7, 11) is 5.25. The molecule has 2 unspecified atom stereocenters. The van der Waals surface area contributed by atoms with Crippen molar-refractivity contribution in [2.24, 2.45) is 0 Å². The van der Waals surface area contributed by atoms with Crippen LogP contribution in [0.4, 0.5) is 5.95 Å². The highest BCUT2D eigenvalue weighted by Gasteiger charge is 2.48. The highest BCUT2D eigenvalue weighted by atomic mass is 35.5. The van der Waals surface area contributed by atoms with E-state index in [-0.39, 0.29) is 23.2 Å². The number of anilines is 1. The molecule has 11 heteroatoms. The Labute approximate surface area is 232 Å². The molecule has 10 nitrogen and oxygen atoms in total. The summed E-state index contributed by atoms with van der Waals surface area (Å²) in [6.45, 7) is 4.44. The molecule has 3 atom stereocenters. The van der Waals surface area contributed by atoms with Crippen molar-refractivity contribution in [1.82, 2.24) is 24.8 Å². The number of piperidine rings is 1. The summed E-state index contributed by atoms with van der Waals surface area (Å²) in [5.74, 6) is 0.413. The van der Waals surface area contributed by atoms with Crippen LogP contribution >= 0.6 is 11.6 Å². The fourth-order valence-corrected chi connectivity index (χ4v) is 5.67. The zero-order valence-electron chi connectivity index (χ0n) is 22.5. The number of ether oxygens (including phenoxy) is 1. The third-order valence-corrected chi connectivity index (χ3v) is 7.51. The SMILES string of the molecule is COc1nc(N(C)C)ncc1-c1cc2c(n1C(C)C)[C@@H](c1ccc(C#N)cc1)N(C1CC(Cl)CNC1=O)C2=O. The van der Waals surface area contributed by atoms with Gasteiger partial charge in [0.25, 0.3) is 5.91 Å². The van der Waals surface area contributed by atoms with E-state index in [1.807, 2.05) is 46.1 Å². The van der Waals surface area contributed by atoms with Crippen LogP contribution in [-0.4, -0.2) is 70.4 Å². The lowest BCUT2D eigenvalue weighted by molar-refractivity contribution is -0.127. The summed E-state index contributed by atoms with van der Waals surface area (Å²) in [4.78, 5) is 39.7. The first-order chi connectivity index (χ1) is 18.7. The summed E-state index contributed by atoms with van der Waals surface area (Å²) >= 11 is 6.45. The van der Waals surface area contributed by atoms with Crippen molar-refractivity contribution in [2.45, 2.75) is 43.8 Å². The highest BCUT2D eigenvalue weighted by molar-refractivity contribution is 6.21. The van der Waals surface area contributed by atoms with Gasteiger partial charge in [-0.3, -0.25) is 9.59 Å². The van der Waals surface area contributed by atoms with Crippen LogP contribution in [0.5, 0.6) is 5.88 Å². The van der Waals surface area contributed by atoms with Crippen LogP contribution in [0.2, 0.25) is 0 Å². The number of fused-ring (bicyclic) bond motifs is 1. The number of carbonyl (C=O) groups is 2. The summed E-state index contributed by atoms with van der Waals surface area (Å²) < 4.78 is 7.74. The van der Waals surface area contributed by atoms with Gasteiger partial charge >= 0.3 is 0 Å². The van der Waals surface area contributed by atoms with E-state index >= 15 is 0 Å². The molecule has 2 aromatic heterocycles. The number of aromatic nitrogens is 3. The lowest BCUT2D eigenvalue weighted by Gasteiger charge is -2.37. The van der Waals surface area contributed by atoms with Crippen molar-refractivity contribution in [1.29, 1.82) is 5.26 Å². The van der Waals surface area contributed by atoms with Crippen LogP contribution < -0.4 is 15.0 Å². The van der Waals surface area contributed by atoms with Crippen LogP contribution in [0.25, 0.3) is 11.3 Å². The number of rotatable bonds is 6. The van der Waals surface area contributed by atoms with Gasteiger partial charge < -0.3 is 24.4 Å². The maximum atomic E-state index is 14.1. The Kier molecular flexibility index (Phi) is 6.95. The first-order valence-electron chi connectivity index (χ1n) is 12.7. The van der Waals surface area contributed by atoms with E-state index in [1.54, 1.807) is 35.2 Å². The first kappa shape index (κ1) is 26.5. The summed E-state index contributed by atoms with van der Waals surface area (Å²) in [5, 5.41) is 11.9. The standard InChI is InChI=1S/C28H30ClN7O3/c1-15(2)35-21(20-14-32-28(34(3)4)33-26(20)39-5)11-19-24(35)23(17-8-6-16(12-30)7-9-17)36(27(19)38)22-10-18(29)13-31-25(22)37/h6-9,11,14-15,18,22-23H,10,13H2,1-5H3,(H,31,37)/t18?,22?,23-/m1/s1. The van der Waals surface area contributed by atoms with Crippen molar-refractivity contribution >= 4 is 29.4 Å². The Hall–Kier alpha value is -4.10. The predicted molar refractivity (Wildman–Crippen MR) is 147 cm³/mol. The zero-order chi connectivity index (χ0) is 28.0. The Morgan fingerprint density at radius 2 is 1.92 bits per heavy atom. The second-order valence-corrected chi connectivity index (χ2v) is 10.8. The van der Waals surface area contributed by atoms with Gasteiger partial charge in [0, 0.05) is 32.9 Å². The van der Waals surface area contributed by atoms with Crippen LogP contribution in [0.3, 0.4) is 0 Å². The number of methoxy groups -OCH3 is 1. The first-order valence-corrected chi connectivity index (χ1v) is 13.2. The molecule has 0 spiro atoms. The number of amides is 2. The molecule has 3 aromatic rings. The van der Waals surface area contributed by atoms with Gasteiger partial charge in [-0.05, 0) is 44.0 Å². The minimum absolute atomic E-state index is 0.0587. The van der Waals surface area contributed by atoms with Crippen molar-refractivity contribution < 1.29 is 14.3 Å². The molecule has 0 radical (unpaired) electrons. The minimum atomic E-state index is -0.733. The lowest BCUT2D eigenvalue weighted by atomic mass is 9.98. The summed E-state index contributed by atoms with van der Waals surface area (Å²) in [6, 6.07) is 9.74. The second kappa shape index (κ2) is 10.2. The van der Waals surface area contributed by atoms with E-state index in [1.165, 1.54) is 0 Å². The van der Waals surface area contributed by atoms with E-state index in [9.17, 15) is 14.9 Å². The molecule has 0 saturated carbocycles. The van der Waals surface area contributed by atoms with E-state index in [2.05, 4.69) is 25.9 Å². The number of hydrogen-bond donors (Lipinski definition) is 1. The minimum Gasteiger partial charge on any atom is -0.480 e. The summed E-state index contributed by atoms with van der Waals surface area (Å²) in [5.41, 5.74) is 3.96. The lowest BCUT2D eigenvalue weighted by Crippen LogP contribution is -2.55. The summed E-state index contributed by atoms with van der Waals surface area (Å²) in [6.07, 6.45) is 2.05. The van der Waals surface area contributed by atoms with Gasteiger partial charge in [-0.25, -0.2) is 4.98 Å². The molecule has 39 heavy (non-hydrogen) atoms. The van der Waals surface area contributed by atoms with Gasteiger partial charge in [0.2, 0.25) is 17.7 Å². The zero-order valence-corrected chi connectivity index (χ0v) is 23.2. The number of hydrogen-bond acceptors (Lipinski definition) is 7. The average Bonchev–Trinajstić information content (AvgIpc) is 3.44. The normalized spacial score (nSPS) is 20.6. The molecule has 1 N–H and O–H groups in total. The van der Waals surface area contributed by atoms with E-state index < -0.39 is 12.1 Å². The van der Waals surface area contributed by atoms with Crippen molar-refractivity contribution in [2.75, 3.05) is 32.6 Å². The molecule has 1 aromatic carbocycles. The van der Waals surface area contributed by atoms with Crippen molar-refractivity contribution in [3.63, 3.8) is 0 Å². The van der Waals surface area contributed by atoms with Gasteiger partial charge in [0.05, 0.1) is 52.7 Å². The predicted octanol–water partition coefficient (Wildman–Crippen LogP) is 3.51. The second-order valence-electron chi connectivity index (χ2n) is 10.2. The third-order valence-electron chi connectivity index (χ3n) is 7.18. The van der Waals surface area contributed by atoms with E-state index in [0.717, 1.165) is 17.0 Å². The molecule has 2 amide bonds. The molecule has 2 aliphatic heterocycles. The van der Waals surface area contributed by atoms with Crippen molar-refractivity contribution in [3.05, 3.63) is 58.9 Å². The molecule has 2 aliphatic rings. The maximum Gasteiger partial charge on any atom is 0.257 e. The van der Waals surface area contributed by atoms with Gasteiger partial charge in [-0.1, -0.05) is 12.1 Å². The van der Waals surface area contributed by atoms with Gasteiger partial charge in [-0.15, -0.1) is 11.6 Å². The number of nitrogens with zero attached hydrogens (tertiary/aromatic N) is 6. The molecule has 202 valence electrons. The third kappa shape index (κ3) is 4.46. The molecule has 5 rings (SSSR count). The molecule has 0 aliphatic carbocycles. The number of benzene rings is 1. The monoisotopic (exact) mass is 547 g/mol. The Morgan fingerprint density at radius 1 is 1.21 bits per heavy atom. The van der Waals surface area contributed by atoms with Gasteiger partial charge in [0.1, 0.15) is 6.04 Å². The maximum absolute atomic E-state index is 14.1. The number of halogens is 1. The topological polar surface area (TPSA) is 116 Å². The smallest absolute Gasteiger partial charge is 0.257 e. The number of nitrogens with one attached hydrogen (secondary N) is 1. The Bertz CT molecular complexity index is 1480. The number of nitriles is 1. The fraction of sp³-hybridized carbons (Fsp3) is 0.393. The number of carbonyl (C=O) groups excluding carboxylic acids is 2. The van der Waals surface area contributed by atoms with Gasteiger partial charge in [0.15, 0.2) is 0 Å². The molecular formula is C28H30ClN7O3. The van der Waals surface area contributed by atoms with Crippen LogP contribution in [0.15, 0.2) is 36.5 Å². The molecule has 1 saturated heterocycles. The average molecular weight is 548 g/mol. The van der Waals surface area contributed by atoms with E-state index in [0.29, 0.717) is 41.5 Å². The Balaban J connectivity index is 1.73. The van der Waals surface area contributed by atoms with E-state index in [4.69, 9.17) is 16.3 Å². The van der Waals surface area contributed by atoms with Crippen LogP contribution in [0.1, 0.15) is 59.5 Å². The van der Waals surface area contributed by atoms with Gasteiger partial charge in [-0.2, -0.15) is 10.2 Å². The molecular weight excluding hydrogens is 518 g/mol. The molecule has 1 fully saturated rings. The van der Waals surface area contributed by atoms with Crippen molar-refractivity contribution in [3.8, 4) is 23.2 Å². The van der Waals surface area contributed by atoms with Crippen LogP contribution in [-0.2, 0) is 4.79 Å². The molecule has 4 heterocycles. The Morgan fingerprint density at radius 3 is 2.54 bits per heavy atom. The fourth-order valence-electron chi connectivity index (χ4n) is 5.43. The largest absolute Gasteiger partial charge is 0.480 e. The van der Waals surface area contributed by atoms with Crippen LogP contribution in [0, 0.1) is 11.3 Å². The quantitative estimate of drug-likeness (QED) is 0.469. The number of alkyl halides is 1.